The minimum atomic E-state index is -0.662. The molecule has 0 amide bonds. The maximum atomic E-state index is 12.4. The molecular formula is C48H86O4. The molecular weight excluding hydrogens is 641 g/mol. The Balaban J connectivity index is 3.47. The first-order valence-electron chi connectivity index (χ1n) is 22.6. The summed E-state index contributed by atoms with van der Waals surface area (Å²) in [5, 5.41) is 8.66. The van der Waals surface area contributed by atoms with Crippen LogP contribution in [0.15, 0.2) is 48.6 Å². The molecule has 1 atom stereocenters. The van der Waals surface area contributed by atoms with E-state index in [0.29, 0.717) is 12.8 Å². The summed E-state index contributed by atoms with van der Waals surface area (Å²) in [6.07, 6.45) is 59.6. The van der Waals surface area contributed by atoms with Gasteiger partial charge in [-0.2, -0.15) is 0 Å². The van der Waals surface area contributed by atoms with E-state index < -0.39 is 5.97 Å². The maximum absolute atomic E-state index is 12.4. The largest absolute Gasteiger partial charge is 0.481 e. The number of hydrogen-bond acceptors (Lipinski definition) is 3. The van der Waals surface area contributed by atoms with Gasteiger partial charge in [-0.1, -0.05) is 197 Å². The minimum Gasteiger partial charge on any atom is -0.481 e. The van der Waals surface area contributed by atoms with Crippen LogP contribution < -0.4 is 0 Å². The average molecular weight is 727 g/mol. The molecule has 302 valence electrons. The number of rotatable bonds is 41. The highest BCUT2D eigenvalue weighted by molar-refractivity contribution is 5.69. The molecule has 0 saturated heterocycles. The van der Waals surface area contributed by atoms with E-state index in [1.165, 1.54) is 148 Å². The number of carboxylic acid groups (broad SMARTS) is 1. The van der Waals surface area contributed by atoms with Gasteiger partial charge in [0, 0.05) is 12.8 Å². The predicted octanol–water partition coefficient (Wildman–Crippen LogP) is 15.9. The summed E-state index contributed by atoms with van der Waals surface area (Å²) in [6, 6.07) is 0. The molecule has 0 aliphatic carbocycles. The van der Waals surface area contributed by atoms with Gasteiger partial charge >= 0.3 is 11.9 Å². The predicted molar refractivity (Wildman–Crippen MR) is 227 cm³/mol. The summed E-state index contributed by atoms with van der Waals surface area (Å²) in [4.78, 5) is 22.9. The molecule has 0 aromatic carbocycles. The summed E-state index contributed by atoms with van der Waals surface area (Å²) in [5.41, 5.74) is 0. The second-order valence-corrected chi connectivity index (χ2v) is 15.2. The molecule has 0 aromatic heterocycles. The van der Waals surface area contributed by atoms with Gasteiger partial charge in [-0.15, -0.1) is 0 Å². The molecule has 0 rings (SSSR count). The van der Waals surface area contributed by atoms with Crippen LogP contribution in [0.25, 0.3) is 0 Å². The van der Waals surface area contributed by atoms with E-state index in [1.807, 2.05) is 0 Å². The average Bonchev–Trinajstić information content (AvgIpc) is 3.14. The van der Waals surface area contributed by atoms with E-state index in [-0.39, 0.29) is 12.1 Å². The number of ether oxygens (including phenoxy) is 1. The zero-order chi connectivity index (χ0) is 37.8. The standard InChI is InChI=1S/C48H86O4/c1-3-5-6-7-8-9-10-11-12-13-14-15-16-21-24-27-30-33-36-39-42-45-48(51)52-46(4-2)43-40-37-34-31-28-25-22-19-17-18-20-23-26-29-32-35-38-41-44-47(49)50/h8-9,11-12,14-15,21,24,46H,3-7,10,13,16-20,22-23,25-45H2,1-2H3,(H,49,50)/b9-8-,12-11-,15-14-,24-21-. The van der Waals surface area contributed by atoms with E-state index >= 15 is 0 Å². The molecule has 0 radical (unpaired) electrons. The fourth-order valence-electron chi connectivity index (χ4n) is 6.69. The molecule has 52 heavy (non-hydrogen) atoms. The summed E-state index contributed by atoms with van der Waals surface area (Å²) in [6.45, 7) is 4.40. The zero-order valence-corrected chi connectivity index (χ0v) is 34.6. The van der Waals surface area contributed by atoms with Crippen molar-refractivity contribution in [2.24, 2.45) is 0 Å². The number of aliphatic carboxylic acids is 1. The van der Waals surface area contributed by atoms with Crippen molar-refractivity contribution in [3.63, 3.8) is 0 Å². The summed E-state index contributed by atoms with van der Waals surface area (Å²) in [5.74, 6) is -0.653. The molecule has 0 heterocycles. The third-order valence-electron chi connectivity index (χ3n) is 10.1. The smallest absolute Gasteiger partial charge is 0.306 e. The molecule has 1 unspecified atom stereocenters. The molecule has 1 N–H and O–H groups in total. The number of carboxylic acids is 1. The number of unbranched alkanes of at least 4 members (excludes halogenated alkanes) is 25. The van der Waals surface area contributed by atoms with Crippen LogP contribution in [0.2, 0.25) is 0 Å². The topological polar surface area (TPSA) is 63.6 Å². The molecule has 0 aromatic rings. The Morgan fingerprint density at radius 2 is 0.788 bits per heavy atom. The van der Waals surface area contributed by atoms with Crippen LogP contribution in [0.3, 0.4) is 0 Å². The van der Waals surface area contributed by atoms with Crippen molar-refractivity contribution in [2.75, 3.05) is 0 Å². The Kier molecular flexibility index (Phi) is 41.6. The van der Waals surface area contributed by atoms with Gasteiger partial charge in [0.05, 0.1) is 0 Å². The lowest BCUT2D eigenvalue weighted by Gasteiger charge is -2.16. The SMILES string of the molecule is CCCCC/C=C\C/C=C\C/C=C\C/C=C\CCCCCCCC(=O)OC(CC)CCCCCCCCCCCCCCCCCCCCC(=O)O. The van der Waals surface area contributed by atoms with E-state index in [0.717, 1.165) is 64.2 Å². The van der Waals surface area contributed by atoms with Crippen molar-refractivity contribution in [3.05, 3.63) is 48.6 Å². The Morgan fingerprint density at radius 1 is 0.442 bits per heavy atom. The Labute approximate surface area is 323 Å². The van der Waals surface area contributed by atoms with Crippen molar-refractivity contribution < 1.29 is 19.4 Å². The highest BCUT2D eigenvalue weighted by Crippen LogP contribution is 2.17. The first kappa shape index (κ1) is 49.9. The highest BCUT2D eigenvalue weighted by atomic mass is 16.5. The van der Waals surface area contributed by atoms with Gasteiger partial charge < -0.3 is 9.84 Å². The second-order valence-electron chi connectivity index (χ2n) is 15.2. The number of hydrogen-bond donors (Lipinski definition) is 1. The van der Waals surface area contributed by atoms with Gasteiger partial charge in [-0.3, -0.25) is 9.59 Å². The van der Waals surface area contributed by atoms with Crippen molar-refractivity contribution in [3.8, 4) is 0 Å². The van der Waals surface area contributed by atoms with Crippen LogP contribution in [0, 0.1) is 0 Å². The molecule has 0 aliphatic heterocycles. The third-order valence-corrected chi connectivity index (χ3v) is 10.1. The number of allylic oxidation sites excluding steroid dienone is 8. The van der Waals surface area contributed by atoms with Crippen molar-refractivity contribution in [1.29, 1.82) is 0 Å². The molecule has 0 spiro atoms. The van der Waals surface area contributed by atoms with Crippen LogP contribution in [0.1, 0.15) is 239 Å². The maximum Gasteiger partial charge on any atom is 0.306 e. The quantitative estimate of drug-likeness (QED) is 0.0387. The minimum absolute atomic E-state index is 0.00898. The molecule has 4 nitrogen and oxygen atoms in total. The zero-order valence-electron chi connectivity index (χ0n) is 34.6. The van der Waals surface area contributed by atoms with Crippen LogP contribution >= 0.6 is 0 Å². The lowest BCUT2D eigenvalue weighted by molar-refractivity contribution is -0.149. The Hall–Kier alpha value is -2.10. The first-order valence-corrected chi connectivity index (χ1v) is 22.6. The van der Waals surface area contributed by atoms with Crippen LogP contribution in [-0.4, -0.2) is 23.1 Å². The van der Waals surface area contributed by atoms with E-state index in [9.17, 15) is 9.59 Å². The molecule has 0 fully saturated rings. The van der Waals surface area contributed by atoms with Gasteiger partial charge in [-0.05, 0) is 77.0 Å². The van der Waals surface area contributed by atoms with Crippen molar-refractivity contribution in [2.45, 2.75) is 245 Å². The normalized spacial score (nSPS) is 12.7. The number of carbonyl (C=O) groups is 2. The summed E-state index contributed by atoms with van der Waals surface area (Å²) < 4.78 is 5.81. The van der Waals surface area contributed by atoms with Crippen molar-refractivity contribution in [1.82, 2.24) is 0 Å². The first-order chi connectivity index (χ1) is 25.6. The number of esters is 1. The van der Waals surface area contributed by atoms with E-state index in [4.69, 9.17) is 9.84 Å². The molecule has 0 aliphatic rings. The van der Waals surface area contributed by atoms with Crippen molar-refractivity contribution >= 4 is 11.9 Å². The molecule has 0 saturated carbocycles. The summed E-state index contributed by atoms with van der Waals surface area (Å²) in [7, 11) is 0. The van der Waals surface area contributed by atoms with Gasteiger partial charge in [0.15, 0.2) is 0 Å². The fraction of sp³-hybridized carbons (Fsp3) is 0.792. The third kappa shape index (κ3) is 42.3. The van der Waals surface area contributed by atoms with Gasteiger partial charge in [-0.25, -0.2) is 0 Å². The second kappa shape index (κ2) is 43.3. The lowest BCUT2D eigenvalue weighted by atomic mass is 10.0. The van der Waals surface area contributed by atoms with Crippen LogP contribution in [0.4, 0.5) is 0 Å². The lowest BCUT2D eigenvalue weighted by Crippen LogP contribution is -2.17. The monoisotopic (exact) mass is 727 g/mol. The van der Waals surface area contributed by atoms with Gasteiger partial charge in [0.2, 0.25) is 0 Å². The van der Waals surface area contributed by atoms with E-state index in [1.54, 1.807) is 0 Å². The van der Waals surface area contributed by atoms with Gasteiger partial charge in [0.1, 0.15) is 6.10 Å². The van der Waals surface area contributed by atoms with E-state index in [2.05, 4.69) is 62.5 Å². The fourth-order valence-corrected chi connectivity index (χ4v) is 6.69. The van der Waals surface area contributed by atoms with Gasteiger partial charge in [0.25, 0.3) is 0 Å². The number of carbonyl (C=O) groups excluding carboxylic acids is 1. The summed E-state index contributed by atoms with van der Waals surface area (Å²) >= 11 is 0. The van der Waals surface area contributed by atoms with Crippen LogP contribution in [-0.2, 0) is 14.3 Å². The van der Waals surface area contributed by atoms with Crippen LogP contribution in [0.5, 0.6) is 0 Å². The molecule has 0 bridgehead atoms. The highest BCUT2D eigenvalue weighted by Gasteiger charge is 2.12. The Bertz CT molecular complexity index is 870. The Morgan fingerprint density at radius 3 is 1.19 bits per heavy atom. The molecule has 4 heteroatoms.